The highest BCUT2D eigenvalue weighted by Gasteiger charge is 2.03. The summed E-state index contributed by atoms with van der Waals surface area (Å²) < 4.78 is 0. The molecule has 0 unspecified atom stereocenters. The van der Waals surface area contributed by atoms with Crippen molar-refractivity contribution in [3.05, 3.63) is 35.8 Å². The summed E-state index contributed by atoms with van der Waals surface area (Å²) >= 11 is 0. The molecular formula is C14H18N2. The van der Waals surface area contributed by atoms with Crippen LogP contribution < -0.4 is 0 Å². The van der Waals surface area contributed by atoms with E-state index in [4.69, 9.17) is 0 Å². The van der Waals surface area contributed by atoms with Gasteiger partial charge in [-0.05, 0) is 30.0 Å². The van der Waals surface area contributed by atoms with Gasteiger partial charge in [0.25, 0.3) is 0 Å². The van der Waals surface area contributed by atoms with Crippen LogP contribution in [0.25, 0.3) is 10.9 Å². The largest absolute Gasteiger partial charge is 0.241 e. The summed E-state index contributed by atoms with van der Waals surface area (Å²) in [5.41, 5.74) is 2.40. The van der Waals surface area contributed by atoms with Crippen LogP contribution in [0.3, 0.4) is 0 Å². The zero-order valence-electron chi connectivity index (χ0n) is 10.2. The molecule has 0 aliphatic heterocycles. The molecule has 0 spiro atoms. The highest BCUT2D eigenvalue weighted by Crippen LogP contribution is 2.19. The average Bonchev–Trinajstić information content (AvgIpc) is 2.28. The van der Waals surface area contributed by atoms with E-state index in [2.05, 4.69) is 48.9 Å². The number of nitrogens with zero attached hydrogens (tertiary/aromatic N) is 2. The van der Waals surface area contributed by atoms with Gasteiger partial charge in [0.2, 0.25) is 0 Å². The highest BCUT2D eigenvalue weighted by molar-refractivity contribution is 5.78. The molecule has 0 saturated carbocycles. The normalized spacial score (nSPS) is 11.2. The van der Waals surface area contributed by atoms with Gasteiger partial charge in [0.05, 0.1) is 5.52 Å². The van der Waals surface area contributed by atoms with E-state index in [0.29, 0.717) is 5.92 Å². The van der Waals surface area contributed by atoms with Crippen molar-refractivity contribution in [2.45, 2.75) is 39.5 Å². The molecule has 2 nitrogen and oxygen atoms in total. The van der Waals surface area contributed by atoms with Crippen molar-refractivity contribution in [1.29, 1.82) is 0 Å². The molecule has 0 radical (unpaired) electrons. The minimum Gasteiger partial charge on any atom is -0.241 e. The van der Waals surface area contributed by atoms with E-state index in [1.807, 2.05) is 6.20 Å². The van der Waals surface area contributed by atoms with Crippen LogP contribution in [0.4, 0.5) is 0 Å². The predicted molar refractivity (Wildman–Crippen MR) is 67.6 cm³/mol. The minimum absolute atomic E-state index is 0.555. The fraction of sp³-hybridized carbons (Fsp3) is 0.429. The summed E-state index contributed by atoms with van der Waals surface area (Å²) in [4.78, 5) is 8.94. The van der Waals surface area contributed by atoms with Gasteiger partial charge in [0, 0.05) is 18.0 Å². The Bertz CT molecular complexity index is 489. The van der Waals surface area contributed by atoms with Crippen LogP contribution >= 0.6 is 0 Å². The molecule has 1 heterocycles. The van der Waals surface area contributed by atoms with Crippen molar-refractivity contribution in [1.82, 2.24) is 9.97 Å². The second kappa shape index (κ2) is 4.60. The summed E-state index contributed by atoms with van der Waals surface area (Å²) in [6.07, 6.45) is 4.00. The van der Waals surface area contributed by atoms with E-state index in [-0.39, 0.29) is 0 Å². The number of hydrogen-bond donors (Lipinski definition) is 0. The molecule has 2 heteroatoms. The zero-order chi connectivity index (χ0) is 11.5. The summed E-state index contributed by atoms with van der Waals surface area (Å²) in [5, 5.41) is 1.14. The maximum Gasteiger partial charge on any atom is 0.128 e. The van der Waals surface area contributed by atoms with Gasteiger partial charge in [-0.15, -0.1) is 0 Å². The molecule has 0 saturated heterocycles. The standard InChI is InChI=1S/C14H18N2/c1-4-5-14-15-9-12-8-11(10(2)3)6-7-13(12)16-14/h6-10H,4-5H2,1-3H3. The van der Waals surface area contributed by atoms with Crippen molar-refractivity contribution >= 4 is 10.9 Å². The quantitative estimate of drug-likeness (QED) is 0.778. The molecule has 84 valence electrons. The molecule has 0 bridgehead atoms. The molecule has 0 N–H and O–H groups in total. The van der Waals surface area contributed by atoms with Gasteiger partial charge < -0.3 is 0 Å². The Morgan fingerprint density at radius 3 is 2.75 bits per heavy atom. The molecule has 0 aliphatic rings. The van der Waals surface area contributed by atoms with Crippen LogP contribution in [0, 0.1) is 0 Å². The van der Waals surface area contributed by atoms with Crippen molar-refractivity contribution in [2.75, 3.05) is 0 Å². The summed E-state index contributed by atoms with van der Waals surface area (Å²) in [6.45, 7) is 6.55. The van der Waals surface area contributed by atoms with Gasteiger partial charge >= 0.3 is 0 Å². The maximum atomic E-state index is 4.55. The number of benzene rings is 1. The van der Waals surface area contributed by atoms with Crippen LogP contribution in [0.1, 0.15) is 44.5 Å². The third-order valence-electron chi connectivity index (χ3n) is 2.79. The zero-order valence-corrected chi connectivity index (χ0v) is 10.2. The monoisotopic (exact) mass is 214 g/mol. The lowest BCUT2D eigenvalue weighted by Gasteiger charge is -2.07. The minimum atomic E-state index is 0.555. The van der Waals surface area contributed by atoms with Gasteiger partial charge in [-0.3, -0.25) is 0 Å². The van der Waals surface area contributed by atoms with Gasteiger partial charge in [0.15, 0.2) is 0 Å². The Balaban J connectivity index is 2.44. The number of fused-ring (bicyclic) bond motifs is 1. The van der Waals surface area contributed by atoms with Crippen LogP contribution in [0.5, 0.6) is 0 Å². The second-order valence-corrected chi connectivity index (χ2v) is 4.51. The third-order valence-corrected chi connectivity index (χ3v) is 2.79. The van der Waals surface area contributed by atoms with E-state index in [0.717, 1.165) is 29.6 Å². The lowest BCUT2D eigenvalue weighted by molar-refractivity contribution is 0.842. The van der Waals surface area contributed by atoms with Gasteiger partial charge in [-0.2, -0.15) is 0 Å². The molecule has 1 aromatic heterocycles. The van der Waals surface area contributed by atoms with E-state index in [9.17, 15) is 0 Å². The fourth-order valence-corrected chi connectivity index (χ4v) is 1.79. The van der Waals surface area contributed by atoms with Crippen molar-refractivity contribution in [3.8, 4) is 0 Å². The Kier molecular flexibility index (Phi) is 3.18. The average molecular weight is 214 g/mol. The van der Waals surface area contributed by atoms with Crippen molar-refractivity contribution < 1.29 is 0 Å². The van der Waals surface area contributed by atoms with Gasteiger partial charge in [0.1, 0.15) is 5.82 Å². The number of hydrogen-bond acceptors (Lipinski definition) is 2. The molecule has 0 atom stereocenters. The highest BCUT2D eigenvalue weighted by atomic mass is 14.9. The molecule has 0 amide bonds. The smallest absolute Gasteiger partial charge is 0.128 e. The van der Waals surface area contributed by atoms with E-state index >= 15 is 0 Å². The second-order valence-electron chi connectivity index (χ2n) is 4.51. The van der Waals surface area contributed by atoms with Crippen LogP contribution in [-0.4, -0.2) is 9.97 Å². The van der Waals surface area contributed by atoms with Gasteiger partial charge in [-0.1, -0.05) is 26.8 Å². The molecular weight excluding hydrogens is 196 g/mol. The number of rotatable bonds is 3. The first-order valence-corrected chi connectivity index (χ1v) is 5.96. The molecule has 2 aromatic rings. The Morgan fingerprint density at radius 1 is 1.25 bits per heavy atom. The first-order chi connectivity index (χ1) is 7.70. The molecule has 0 fully saturated rings. The lowest BCUT2D eigenvalue weighted by Crippen LogP contribution is -1.95. The Hall–Kier alpha value is -1.44. The Morgan fingerprint density at radius 2 is 2.06 bits per heavy atom. The first kappa shape index (κ1) is 11.1. The van der Waals surface area contributed by atoms with E-state index < -0.39 is 0 Å². The molecule has 2 rings (SSSR count). The SMILES string of the molecule is CCCc1ncc2cc(C(C)C)ccc2n1. The first-order valence-electron chi connectivity index (χ1n) is 5.96. The molecule has 0 aliphatic carbocycles. The summed E-state index contributed by atoms with van der Waals surface area (Å²) in [7, 11) is 0. The third kappa shape index (κ3) is 2.21. The van der Waals surface area contributed by atoms with Crippen LogP contribution in [-0.2, 0) is 6.42 Å². The summed E-state index contributed by atoms with van der Waals surface area (Å²) in [6, 6.07) is 6.46. The maximum absolute atomic E-state index is 4.55. The summed E-state index contributed by atoms with van der Waals surface area (Å²) in [5.74, 6) is 1.51. The van der Waals surface area contributed by atoms with Crippen LogP contribution in [0.2, 0.25) is 0 Å². The van der Waals surface area contributed by atoms with E-state index in [1.165, 1.54) is 5.56 Å². The topological polar surface area (TPSA) is 25.8 Å². The lowest BCUT2D eigenvalue weighted by atomic mass is 10.0. The van der Waals surface area contributed by atoms with Crippen molar-refractivity contribution in [3.63, 3.8) is 0 Å². The fourth-order valence-electron chi connectivity index (χ4n) is 1.79. The van der Waals surface area contributed by atoms with Gasteiger partial charge in [-0.25, -0.2) is 9.97 Å². The number of aromatic nitrogens is 2. The van der Waals surface area contributed by atoms with Crippen molar-refractivity contribution in [2.24, 2.45) is 0 Å². The molecule has 1 aromatic carbocycles. The Labute approximate surface area is 96.7 Å². The van der Waals surface area contributed by atoms with Crippen LogP contribution in [0.15, 0.2) is 24.4 Å². The van der Waals surface area contributed by atoms with E-state index in [1.54, 1.807) is 0 Å². The number of aryl methyl sites for hydroxylation is 1. The predicted octanol–water partition coefficient (Wildman–Crippen LogP) is 3.71. The molecule has 16 heavy (non-hydrogen) atoms.